The Morgan fingerprint density at radius 1 is 1.26 bits per heavy atom. The van der Waals surface area contributed by atoms with Crippen LogP contribution in [-0.2, 0) is 5.54 Å². The minimum atomic E-state index is -0.235. The summed E-state index contributed by atoms with van der Waals surface area (Å²) in [6.07, 6.45) is 4.79. The van der Waals surface area contributed by atoms with Crippen LogP contribution in [0.1, 0.15) is 31.2 Å². The van der Waals surface area contributed by atoms with Gasteiger partial charge >= 0.3 is 0 Å². The van der Waals surface area contributed by atoms with Gasteiger partial charge in [0.15, 0.2) is 11.5 Å². The Morgan fingerprint density at radius 3 is 2.58 bits per heavy atom. The maximum absolute atomic E-state index is 6.60. The molecule has 1 heterocycles. The number of thioether (sulfide) groups is 1. The van der Waals surface area contributed by atoms with E-state index in [0.717, 1.165) is 41.4 Å². The number of benzene rings is 1. The van der Waals surface area contributed by atoms with E-state index in [1.807, 2.05) is 23.9 Å². The van der Waals surface area contributed by atoms with Crippen LogP contribution < -0.4 is 15.2 Å². The predicted molar refractivity (Wildman–Crippen MR) is 79.1 cm³/mol. The van der Waals surface area contributed by atoms with Crippen molar-refractivity contribution in [3.05, 3.63) is 23.8 Å². The van der Waals surface area contributed by atoms with Crippen LogP contribution in [0.4, 0.5) is 0 Å². The molecule has 1 saturated carbocycles. The van der Waals surface area contributed by atoms with Crippen molar-refractivity contribution >= 4 is 11.8 Å². The molecule has 1 saturated heterocycles. The van der Waals surface area contributed by atoms with Crippen LogP contribution in [0.15, 0.2) is 18.2 Å². The Hall–Kier alpha value is -0.870. The zero-order chi connectivity index (χ0) is 13.3. The second-order valence-electron chi connectivity index (χ2n) is 5.48. The van der Waals surface area contributed by atoms with E-state index in [-0.39, 0.29) is 5.54 Å². The van der Waals surface area contributed by atoms with Crippen LogP contribution in [0.25, 0.3) is 0 Å². The summed E-state index contributed by atoms with van der Waals surface area (Å²) in [7, 11) is 1.69. The smallest absolute Gasteiger partial charge is 0.166 e. The summed E-state index contributed by atoms with van der Waals surface area (Å²) in [4.78, 5) is 0. The molecule has 0 aromatic heterocycles. The zero-order valence-corrected chi connectivity index (χ0v) is 12.2. The van der Waals surface area contributed by atoms with E-state index >= 15 is 0 Å². The second kappa shape index (κ2) is 5.25. The number of ether oxygens (including phenoxy) is 2. The number of hydrogen-bond donors (Lipinski definition) is 1. The standard InChI is InChI=1S/C15H21NO2S/c1-17-13-6-4-5-12(15(16)7-2-3-8-15)14(13)18-11-9-19-10-11/h4-6,11H,2-3,7-10,16H2,1H3. The number of para-hydroxylation sites is 1. The number of methoxy groups -OCH3 is 1. The van der Waals surface area contributed by atoms with Crippen molar-refractivity contribution in [2.75, 3.05) is 18.6 Å². The molecule has 1 aliphatic carbocycles. The average Bonchev–Trinajstić information content (AvgIpc) is 2.81. The van der Waals surface area contributed by atoms with Gasteiger partial charge in [-0.25, -0.2) is 0 Å². The highest BCUT2D eigenvalue weighted by Crippen LogP contribution is 2.45. The van der Waals surface area contributed by atoms with Crippen molar-refractivity contribution in [1.82, 2.24) is 0 Å². The van der Waals surface area contributed by atoms with Crippen LogP contribution in [-0.4, -0.2) is 24.7 Å². The van der Waals surface area contributed by atoms with E-state index in [2.05, 4.69) is 6.07 Å². The molecule has 0 radical (unpaired) electrons. The fourth-order valence-corrected chi connectivity index (χ4v) is 3.48. The largest absolute Gasteiger partial charge is 0.493 e. The molecule has 0 spiro atoms. The lowest BCUT2D eigenvalue weighted by atomic mass is 9.88. The molecule has 3 nitrogen and oxygen atoms in total. The van der Waals surface area contributed by atoms with Gasteiger partial charge in [0.1, 0.15) is 6.10 Å². The topological polar surface area (TPSA) is 44.5 Å². The Balaban J connectivity index is 1.96. The van der Waals surface area contributed by atoms with Crippen LogP contribution in [0.3, 0.4) is 0 Å². The van der Waals surface area contributed by atoms with E-state index in [0.29, 0.717) is 6.10 Å². The van der Waals surface area contributed by atoms with Gasteiger partial charge in [0.25, 0.3) is 0 Å². The monoisotopic (exact) mass is 279 g/mol. The lowest BCUT2D eigenvalue weighted by Gasteiger charge is -2.32. The molecular weight excluding hydrogens is 258 g/mol. The van der Waals surface area contributed by atoms with Crippen LogP contribution in [0.5, 0.6) is 11.5 Å². The van der Waals surface area contributed by atoms with E-state index in [1.54, 1.807) is 7.11 Å². The molecule has 3 rings (SSSR count). The molecule has 2 fully saturated rings. The maximum atomic E-state index is 6.60. The first-order chi connectivity index (χ1) is 9.23. The van der Waals surface area contributed by atoms with E-state index < -0.39 is 0 Å². The van der Waals surface area contributed by atoms with Gasteiger partial charge < -0.3 is 15.2 Å². The number of rotatable bonds is 4. The Labute approximate surface area is 118 Å². The average molecular weight is 279 g/mol. The SMILES string of the molecule is COc1cccc(C2(N)CCCC2)c1OC1CSC1. The second-order valence-corrected chi connectivity index (χ2v) is 6.55. The molecule has 0 atom stereocenters. The highest BCUT2D eigenvalue weighted by atomic mass is 32.2. The maximum Gasteiger partial charge on any atom is 0.166 e. The van der Waals surface area contributed by atoms with Gasteiger partial charge in [0, 0.05) is 22.6 Å². The molecule has 2 N–H and O–H groups in total. The fourth-order valence-electron chi connectivity index (χ4n) is 2.91. The lowest BCUT2D eigenvalue weighted by Crippen LogP contribution is -2.36. The first-order valence-corrected chi connectivity index (χ1v) is 8.09. The first-order valence-electron chi connectivity index (χ1n) is 6.94. The van der Waals surface area contributed by atoms with Gasteiger partial charge in [-0.05, 0) is 18.9 Å². The summed E-state index contributed by atoms with van der Waals surface area (Å²) in [6.45, 7) is 0. The molecule has 1 aromatic carbocycles. The Morgan fingerprint density at radius 2 is 2.00 bits per heavy atom. The Bertz CT molecular complexity index is 453. The molecule has 1 aromatic rings. The molecule has 0 amide bonds. The third kappa shape index (κ3) is 2.43. The minimum Gasteiger partial charge on any atom is -0.493 e. The summed E-state index contributed by atoms with van der Waals surface area (Å²) in [5.41, 5.74) is 7.49. The molecule has 19 heavy (non-hydrogen) atoms. The van der Waals surface area contributed by atoms with Gasteiger partial charge in [-0.2, -0.15) is 11.8 Å². The Kier molecular flexibility index (Phi) is 3.63. The lowest BCUT2D eigenvalue weighted by molar-refractivity contribution is 0.220. The highest BCUT2D eigenvalue weighted by Gasteiger charge is 2.36. The van der Waals surface area contributed by atoms with Gasteiger partial charge in [0.05, 0.1) is 7.11 Å². The van der Waals surface area contributed by atoms with Crippen molar-refractivity contribution in [3.8, 4) is 11.5 Å². The minimum absolute atomic E-state index is 0.235. The zero-order valence-electron chi connectivity index (χ0n) is 11.4. The van der Waals surface area contributed by atoms with Crippen LogP contribution in [0.2, 0.25) is 0 Å². The van der Waals surface area contributed by atoms with Crippen LogP contribution in [0, 0.1) is 0 Å². The predicted octanol–water partition coefficient (Wildman–Crippen LogP) is 2.92. The van der Waals surface area contributed by atoms with E-state index in [4.69, 9.17) is 15.2 Å². The third-order valence-corrected chi connectivity index (χ3v) is 5.34. The molecule has 2 aliphatic rings. The molecule has 0 bridgehead atoms. The molecular formula is C15H21NO2S. The van der Waals surface area contributed by atoms with Crippen molar-refractivity contribution in [1.29, 1.82) is 0 Å². The third-order valence-electron chi connectivity index (χ3n) is 4.12. The quantitative estimate of drug-likeness (QED) is 0.920. The molecule has 104 valence electrons. The van der Waals surface area contributed by atoms with Gasteiger partial charge in [-0.1, -0.05) is 25.0 Å². The van der Waals surface area contributed by atoms with Crippen molar-refractivity contribution < 1.29 is 9.47 Å². The fraction of sp³-hybridized carbons (Fsp3) is 0.600. The van der Waals surface area contributed by atoms with Gasteiger partial charge in [-0.15, -0.1) is 0 Å². The van der Waals surface area contributed by atoms with Crippen LogP contribution >= 0.6 is 11.8 Å². The van der Waals surface area contributed by atoms with Crippen molar-refractivity contribution in [2.24, 2.45) is 5.73 Å². The molecule has 4 heteroatoms. The van der Waals surface area contributed by atoms with Crippen molar-refractivity contribution in [3.63, 3.8) is 0 Å². The highest BCUT2D eigenvalue weighted by molar-refractivity contribution is 8.00. The summed E-state index contributed by atoms with van der Waals surface area (Å²) in [6, 6.07) is 6.08. The normalized spacial score (nSPS) is 22.0. The molecule has 1 aliphatic heterocycles. The number of nitrogens with two attached hydrogens (primary N) is 1. The van der Waals surface area contributed by atoms with Gasteiger partial charge in [0.2, 0.25) is 0 Å². The van der Waals surface area contributed by atoms with E-state index in [9.17, 15) is 0 Å². The summed E-state index contributed by atoms with van der Waals surface area (Å²) in [5.74, 6) is 3.82. The summed E-state index contributed by atoms with van der Waals surface area (Å²) < 4.78 is 11.6. The van der Waals surface area contributed by atoms with E-state index in [1.165, 1.54) is 12.8 Å². The molecule has 0 unspecified atom stereocenters. The van der Waals surface area contributed by atoms with Gasteiger partial charge in [-0.3, -0.25) is 0 Å². The van der Waals surface area contributed by atoms with Crippen molar-refractivity contribution in [2.45, 2.75) is 37.3 Å². The summed E-state index contributed by atoms with van der Waals surface area (Å²) >= 11 is 1.92. The first kappa shape index (κ1) is 13.1. The summed E-state index contributed by atoms with van der Waals surface area (Å²) in [5, 5.41) is 0. The number of hydrogen-bond acceptors (Lipinski definition) is 4.